The number of nitrogens with zero attached hydrogens (tertiary/aromatic N) is 1. The SMILES string of the molecule is CN(CCCc1ccc(N)cc1)Cc1cccc(Cl)c1. The van der Waals surface area contributed by atoms with Crippen LogP contribution in [0.1, 0.15) is 17.5 Å². The van der Waals surface area contributed by atoms with Gasteiger partial charge in [-0.2, -0.15) is 0 Å². The van der Waals surface area contributed by atoms with Crippen LogP contribution in [-0.4, -0.2) is 18.5 Å². The molecule has 2 aromatic rings. The van der Waals surface area contributed by atoms with Gasteiger partial charge in [-0.05, 0) is 61.8 Å². The van der Waals surface area contributed by atoms with Crippen molar-refractivity contribution in [3.8, 4) is 0 Å². The normalized spacial score (nSPS) is 10.9. The van der Waals surface area contributed by atoms with Gasteiger partial charge >= 0.3 is 0 Å². The minimum absolute atomic E-state index is 0.803. The Morgan fingerprint density at radius 1 is 1.05 bits per heavy atom. The molecule has 20 heavy (non-hydrogen) atoms. The van der Waals surface area contributed by atoms with Gasteiger partial charge in [0.05, 0.1) is 0 Å². The van der Waals surface area contributed by atoms with Crippen LogP contribution in [0.25, 0.3) is 0 Å². The van der Waals surface area contributed by atoms with Gasteiger partial charge in [0.25, 0.3) is 0 Å². The first kappa shape index (κ1) is 14.9. The highest BCUT2D eigenvalue weighted by Crippen LogP contribution is 2.13. The van der Waals surface area contributed by atoms with E-state index in [2.05, 4.69) is 30.1 Å². The summed E-state index contributed by atoms with van der Waals surface area (Å²) in [5.74, 6) is 0. The van der Waals surface area contributed by atoms with Crippen molar-refractivity contribution >= 4 is 17.3 Å². The summed E-state index contributed by atoms with van der Waals surface area (Å²) in [6, 6.07) is 16.2. The molecule has 0 fully saturated rings. The molecule has 0 heterocycles. The Bertz CT molecular complexity index is 537. The third kappa shape index (κ3) is 4.87. The van der Waals surface area contributed by atoms with Crippen molar-refractivity contribution in [3.63, 3.8) is 0 Å². The molecule has 0 aromatic heterocycles. The summed E-state index contributed by atoms with van der Waals surface area (Å²) in [7, 11) is 2.14. The van der Waals surface area contributed by atoms with Crippen LogP contribution in [0.3, 0.4) is 0 Å². The van der Waals surface area contributed by atoms with Crippen molar-refractivity contribution in [1.82, 2.24) is 4.90 Å². The van der Waals surface area contributed by atoms with Gasteiger partial charge in [0, 0.05) is 17.3 Å². The minimum atomic E-state index is 0.803. The molecule has 0 aliphatic heterocycles. The maximum Gasteiger partial charge on any atom is 0.0409 e. The smallest absolute Gasteiger partial charge is 0.0409 e. The minimum Gasteiger partial charge on any atom is -0.399 e. The van der Waals surface area contributed by atoms with Gasteiger partial charge in [0.1, 0.15) is 0 Å². The highest BCUT2D eigenvalue weighted by Gasteiger charge is 2.01. The van der Waals surface area contributed by atoms with E-state index < -0.39 is 0 Å². The van der Waals surface area contributed by atoms with Gasteiger partial charge in [-0.25, -0.2) is 0 Å². The van der Waals surface area contributed by atoms with Crippen molar-refractivity contribution in [2.75, 3.05) is 19.3 Å². The van der Waals surface area contributed by atoms with E-state index >= 15 is 0 Å². The molecule has 0 spiro atoms. The molecule has 2 aromatic carbocycles. The van der Waals surface area contributed by atoms with Crippen LogP contribution in [0.2, 0.25) is 5.02 Å². The number of hydrogen-bond donors (Lipinski definition) is 1. The van der Waals surface area contributed by atoms with Gasteiger partial charge in [-0.15, -0.1) is 0 Å². The van der Waals surface area contributed by atoms with E-state index in [4.69, 9.17) is 17.3 Å². The monoisotopic (exact) mass is 288 g/mol. The highest BCUT2D eigenvalue weighted by atomic mass is 35.5. The van der Waals surface area contributed by atoms with Crippen LogP contribution in [0.5, 0.6) is 0 Å². The second kappa shape index (κ2) is 7.32. The van der Waals surface area contributed by atoms with E-state index in [9.17, 15) is 0 Å². The number of aryl methyl sites for hydroxylation is 1. The predicted molar refractivity (Wildman–Crippen MR) is 87.0 cm³/mol. The van der Waals surface area contributed by atoms with E-state index in [1.807, 2.05) is 30.3 Å². The van der Waals surface area contributed by atoms with E-state index in [0.717, 1.165) is 36.6 Å². The van der Waals surface area contributed by atoms with Crippen LogP contribution in [-0.2, 0) is 13.0 Å². The lowest BCUT2D eigenvalue weighted by Gasteiger charge is -2.16. The molecular weight excluding hydrogens is 268 g/mol. The quantitative estimate of drug-likeness (QED) is 0.815. The number of hydrogen-bond acceptors (Lipinski definition) is 2. The number of rotatable bonds is 6. The maximum atomic E-state index is 6.00. The van der Waals surface area contributed by atoms with E-state index in [1.54, 1.807) is 0 Å². The molecule has 0 bridgehead atoms. The molecule has 0 aliphatic rings. The second-order valence-corrected chi connectivity index (χ2v) is 5.65. The first-order chi connectivity index (χ1) is 9.63. The fourth-order valence-electron chi connectivity index (χ4n) is 2.26. The van der Waals surface area contributed by atoms with Crippen molar-refractivity contribution in [2.24, 2.45) is 0 Å². The molecule has 2 rings (SSSR count). The maximum absolute atomic E-state index is 6.00. The highest BCUT2D eigenvalue weighted by molar-refractivity contribution is 6.30. The number of benzene rings is 2. The van der Waals surface area contributed by atoms with Gasteiger partial charge in [-0.1, -0.05) is 35.9 Å². The molecule has 106 valence electrons. The Hall–Kier alpha value is -1.51. The second-order valence-electron chi connectivity index (χ2n) is 5.21. The first-order valence-electron chi connectivity index (χ1n) is 6.91. The Morgan fingerprint density at radius 2 is 1.80 bits per heavy atom. The van der Waals surface area contributed by atoms with Crippen molar-refractivity contribution < 1.29 is 0 Å². The van der Waals surface area contributed by atoms with E-state index in [1.165, 1.54) is 11.1 Å². The van der Waals surface area contributed by atoms with E-state index in [0.29, 0.717) is 0 Å². The van der Waals surface area contributed by atoms with Crippen molar-refractivity contribution in [1.29, 1.82) is 0 Å². The zero-order valence-electron chi connectivity index (χ0n) is 11.8. The largest absolute Gasteiger partial charge is 0.399 e. The molecule has 0 aliphatic carbocycles. The van der Waals surface area contributed by atoms with Crippen LogP contribution in [0, 0.1) is 0 Å². The molecule has 0 atom stereocenters. The number of nitrogen functional groups attached to an aromatic ring is 1. The summed E-state index contributed by atoms with van der Waals surface area (Å²) < 4.78 is 0. The van der Waals surface area contributed by atoms with Crippen LogP contribution < -0.4 is 5.73 Å². The molecular formula is C17H21ClN2. The fraction of sp³-hybridized carbons (Fsp3) is 0.294. The molecule has 2 N–H and O–H groups in total. The Morgan fingerprint density at radius 3 is 2.50 bits per heavy atom. The third-order valence-corrected chi connectivity index (χ3v) is 3.56. The van der Waals surface area contributed by atoms with Gasteiger partial charge in [-0.3, -0.25) is 0 Å². The molecule has 0 amide bonds. The molecule has 0 radical (unpaired) electrons. The lowest BCUT2D eigenvalue weighted by molar-refractivity contribution is 0.322. The summed E-state index contributed by atoms with van der Waals surface area (Å²) in [4.78, 5) is 2.32. The van der Waals surface area contributed by atoms with Gasteiger partial charge in [0.2, 0.25) is 0 Å². The van der Waals surface area contributed by atoms with Crippen molar-refractivity contribution in [2.45, 2.75) is 19.4 Å². The van der Waals surface area contributed by atoms with Gasteiger partial charge in [0.15, 0.2) is 0 Å². The Balaban J connectivity index is 1.75. The Kier molecular flexibility index (Phi) is 5.45. The summed E-state index contributed by atoms with van der Waals surface area (Å²) >= 11 is 6.00. The molecule has 0 saturated carbocycles. The van der Waals surface area contributed by atoms with Crippen LogP contribution in [0.4, 0.5) is 5.69 Å². The van der Waals surface area contributed by atoms with Crippen molar-refractivity contribution in [3.05, 3.63) is 64.7 Å². The molecule has 3 heteroatoms. The van der Waals surface area contributed by atoms with Gasteiger partial charge < -0.3 is 10.6 Å². The zero-order valence-corrected chi connectivity index (χ0v) is 12.6. The Labute approximate surface area is 126 Å². The van der Waals surface area contributed by atoms with E-state index in [-0.39, 0.29) is 0 Å². The number of anilines is 1. The molecule has 0 saturated heterocycles. The molecule has 0 unspecified atom stereocenters. The standard InChI is InChI=1S/C17H21ClN2/c1-20(13-15-4-2-6-16(18)12-15)11-3-5-14-7-9-17(19)10-8-14/h2,4,6-10,12H,3,5,11,13,19H2,1H3. The van der Waals surface area contributed by atoms with Crippen LogP contribution >= 0.6 is 11.6 Å². The average Bonchev–Trinajstić information content (AvgIpc) is 2.41. The number of halogens is 1. The number of nitrogens with two attached hydrogens (primary N) is 1. The average molecular weight is 289 g/mol. The predicted octanol–water partition coefficient (Wildman–Crippen LogP) is 3.99. The lowest BCUT2D eigenvalue weighted by Crippen LogP contribution is -2.19. The van der Waals surface area contributed by atoms with Crippen LogP contribution in [0.15, 0.2) is 48.5 Å². The topological polar surface area (TPSA) is 29.3 Å². The molecule has 2 nitrogen and oxygen atoms in total. The lowest BCUT2D eigenvalue weighted by atomic mass is 10.1. The first-order valence-corrected chi connectivity index (χ1v) is 7.29. The third-order valence-electron chi connectivity index (χ3n) is 3.33. The summed E-state index contributed by atoms with van der Waals surface area (Å²) in [6.45, 7) is 2.00. The summed E-state index contributed by atoms with van der Waals surface area (Å²) in [6.07, 6.45) is 2.22. The summed E-state index contributed by atoms with van der Waals surface area (Å²) in [5.41, 5.74) is 9.11. The fourth-order valence-corrected chi connectivity index (χ4v) is 2.48. The summed E-state index contributed by atoms with van der Waals surface area (Å²) in [5, 5.41) is 0.803. The zero-order chi connectivity index (χ0) is 14.4.